The summed E-state index contributed by atoms with van der Waals surface area (Å²) < 4.78 is 12.1. The normalized spacial score (nSPS) is 12.1. The van der Waals surface area contributed by atoms with Crippen LogP contribution in [0, 0.1) is 0 Å². The first-order valence-corrected chi connectivity index (χ1v) is 15.0. The first-order valence-electron chi connectivity index (χ1n) is 15.0. The van der Waals surface area contributed by atoms with Crippen LogP contribution in [-0.4, -0.2) is 0 Å². The van der Waals surface area contributed by atoms with Crippen molar-refractivity contribution in [3.8, 4) is 22.3 Å². The lowest BCUT2D eigenvalue weighted by Crippen LogP contribution is -1.92. The third-order valence-corrected chi connectivity index (χ3v) is 9.32. The highest BCUT2D eigenvalue weighted by Gasteiger charge is 2.20. The smallest absolute Gasteiger partial charge is 0.136 e. The van der Waals surface area contributed by atoms with Gasteiger partial charge < -0.3 is 8.83 Å². The van der Waals surface area contributed by atoms with Gasteiger partial charge in [-0.2, -0.15) is 0 Å². The first-order chi connectivity index (χ1) is 21.8. The molecule has 0 N–H and O–H groups in total. The molecule has 10 aromatic rings. The third-order valence-electron chi connectivity index (χ3n) is 9.32. The molecule has 0 bridgehead atoms. The minimum Gasteiger partial charge on any atom is -0.464 e. The van der Waals surface area contributed by atoms with Gasteiger partial charge in [0.25, 0.3) is 0 Å². The van der Waals surface area contributed by atoms with E-state index in [9.17, 15) is 0 Å². The van der Waals surface area contributed by atoms with E-state index in [0.717, 1.165) is 32.9 Å². The maximum atomic E-state index is 6.31. The molecule has 0 fully saturated rings. The maximum Gasteiger partial charge on any atom is 0.136 e. The molecular formula is C42H24O2. The Bertz CT molecular complexity index is 2720. The van der Waals surface area contributed by atoms with Gasteiger partial charge in [-0.1, -0.05) is 103 Å². The molecule has 2 aromatic heterocycles. The van der Waals surface area contributed by atoms with Crippen molar-refractivity contribution < 1.29 is 8.83 Å². The van der Waals surface area contributed by atoms with Crippen molar-refractivity contribution in [3.63, 3.8) is 0 Å². The summed E-state index contributed by atoms with van der Waals surface area (Å²) in [5.74, 6) is 0. The van der Waals surface area contributed by atoms with E-state index in [1.807, 2.05) is 18.2 Å². The zero-order valence-electron chi connectivity index (χ0n) is 23.7. The van der Waals surface area contributed by atoms with Crippen molar-refractivity contribution in [3.05, 3.63) is 146 Å². The highest BCUT2D eigenvalue weighted by molar-refractivity contribution is 6.26. The van der Waals surface area contributed by atoms with Crippen LogP contribution in [0.15, 0.2) is 155 Å². The van der Waals surface area contributed by atoms with Crippen molar-refractivity contribution in [1.82, 2.24) is 0 Å². The average molecular weight is 561 g/mol. The second kappa shape index (κ2) is 8.82. The van der Waals surface area contributed by atoms with E-state index in [0.29, 0.717) is 0 Å². The Morgan fingerprint density at radius 1 is 0.364 bits per heavy atom. The molecule has 0 atom stereocenters. The Balaban J connectivity index is 1.35. The van der Waals surface area contributed by atoms with Crippen LogP contribution in [0.25, 0.3) is 98.3 Å². The fraction of sp³-hybridized carbons (Fsp3) is 0. The molecule has 8 aromatic carbocycles. The van der Waals surface area contributed by atoms with Gasteiger partial charge in [0, 0.05) is 16.2 Å². The molecule has 0 aliphatic heterocycles. The summed E-state index contributed by atoms with van der Waals surface area (Å²) in [5.41, 5.74) is 7.57. The van der Waals surface area contributed by atoms with Crippen LogP contribution in [-0.2, 0) is 0 Å². The highest BCUT2D eigenvalue weighted by Crippen LogP contribution is 2.47. The van der Waals surface area contributed by atoms with E-state index >= 15 is 0 Å². The van der Waals surface area contributed by atoms with Crippen molar-refractivity contribution in [1.29, 1.82) is 0 Å². The van der Waals surface area contributed by atoms with Gasteiger partial charge in [-0.25, -0.2) is 0 Å². The molecule has 10 rings (SSSR count). The Morgan fingerprint density at radius 2 is 0.955 bits per heavy atom. The van der Waals surface area contributed by atoms with Crippen molar-refractivity contribution in [2.75, 3.05) is 0 Å². The Hall–Kier alpha value is -5.86. The standard InChI is InChI=1S/C42H24O2/c1-2-10-27-25(9-1)23-35(29-12-4-3-11-28(27)29)41-32-15-7-5-13-30(32)40(31-14-6-8-16-33(31)41)26-17-18-38-36(24-26)42-34-21-22-43-37(34)19-20-39(42)44-38/h1-24H. The number of hydrogen-bond acceptors (Lipinski definition) is 2. The molecule has 0 amide bonds. The lowest BCUT2D eigenvalue weighted by atomic mass is 9.83. The fourth-order valence-corrected chi connectivity index (χ4v) is 7.47. The van der Waals surface area contributed by atoms with Crippen LogP contribution in [0.5, 0.6) is 0 Å². The lowest BCUT2D eigenvalue weighted by Gasteiger charge is -2.19. The van der Waals surface area contributed by atoms with Crippen molar-refractivity contribution in [2.24, 2.45) is 0 Å². The SMILES string of the molecule is c1ccc2c(c1)cc(-c1c3ccccc3c(-c3ccc4oc5ccc6occc6c5c4c3)c3ccccc13)c1ccccc12. The molecule has 0 saturated carbocycles. The van der Waals surface area contributed by atoms with Crippen LogP contribution in [0.3, 0.4) is 0 Å². The Labute approximate surface area is 252 Å². The maximum absolute atomic E-state index is 6.31. The van der Waals surface area contributed by atoms with Crippen LogP contribution in [0.1, 0.15) is 0 Å². The van der Waals surface area contributed by atoms with Gasteiger partial charge in [-0.05, 0) is 102 Å². The highest BCUT2D eigenvalue weighted by atomic mass is 16.3. The van der Waals surface area contributed by atoms with Gasteiger partial charge in [-0.3, -0.25) is 0 Å². The van der Waals surface area contributed by atoms with Crippen LogP contribution in [0.2, 0.25) is 0 Å². The molecule has 0 aliphatic carbocycles. The summed E-state index contributed by atoms with van der Waals surface area (Å²) in [7, 11) is 0. The Kier molecular flexibility index (Phi) is 4.75. The number of fused-ring (bicyclic) bond motifs is 10. The summed E-state index contributed by atoms with van der Waals surface area (Å²) in [6.45, 7) is 0. The summed E-state index contributed by atoms with van der Waals surface area (Å²) in [4.78, 5) is 0. The van der Waals surface area contributed by atoms with Crippen molar-refractivity contribution in [2.45, 2.75) is 0 Å². The second-order valence-electron chi connectivity index (χ2n) is 11.6. The molecule has 0 spiro atoms. The van der Waals surface area contributed by atoms with E-state index < -0.39 is 0 Å². The molecule has 0 unspecified atom stereocenters. The number of hydrogen-bond donors (Lipinski definition) is 0. The predicted octanol–water partition coefficient (Wildman–Crippen LogP) is 12.3. The first kappa shape index (κ1) is 23.7. The molecule has 44 heavy (non-hydrogen) atoms. The topological polar surface area (TPSA) is 26.3 Å². The molecule has 0 radical (unpaired) electrons. The summed E-state index contributed by atoms with van der Waals surface area (Å²) in [5, 5.41) is 13.3. The molecular weight excluding hydrogens is 536 g/mol. The minimum absolute atomic E-state index is 0.869. The van der Waals surface area contributed by atoms with Gasteiger partial charge in [0.05, 0.1) is 6.26 Å². The predicted molar refractivity (Wildman–Crippen MR) is 184 cm³/mol. The zero-order chi connectivity index (χ0) is 28.8. The summed E-state index contributed by atoms with van der Waals surface area (Å²) in [6, 6.07) is 50.3. The number of rotatable bonds is 2. The molecule has 204 valence electrons. The second-order valence-corrected chi connectivity index (χ2v) is 11.6. The Morgan fingerprint density at radius 3 is 1.70 bits per heavy atom. The molecule has 2 heterocycles. The number of benzene rings is 8. The molecule has 2 heteroatoms. The number of furan rings is 2. The molecule has 0 saturated heterocycles. The van der Waals surface area contributed by atoms with Crippen LogP contribution >= 0.6 is 0 Å². The third kappa shape index (κ3) is 3.20. The summed E-state index contributed by atoms with van der Waals surface area (Å²) >= 11 is 0. The van der Waals surface area contributed by atoms with E-state index in [-0.39, 0.29) is 0 Å². The van der Waals surface area contributed by atoms with Crippen LogP contribution in [0.4, 0.5) is 0 Å². The summed E-state index contributed by atoms with van der Waals surface area (Å²) in [6.07, 6.45) is 1.75. The monoisotopic (exact) mass is 560 g/mol. The largest absolute Gasteiger partial charge is 0.464 e. The van der Waals surface area contributed by atoms with Gasteiger partial charge >= 0.3 is 0 Å². The van der Waals surface area contributed by atoms with E-state index in [1.54, 1.807) is 6.26 Å². The van der Waals surface area contributed by atoms with Gasteiger partial charge in [0.15, 0.2) is 0 Å². The molecule has 2 nitrogen and oxygen atoms in total. The fourth-order valence-electron chi connectivity index (χ4n) is 7.47. The average Bonchev–Trinajstić information content (AvgIpc) is 3.71. The van der Waals surface area contributed by atoms with Crippen molar-refractivity contribution >= 4 is 76.0 Å². The minimum atomic E-state index is 0.869. The van der Waals surface area contributed by atoms with Gasteiger partial charge in [-0.15, -0.1) is 0 Å². The lowest BCUT2D eigenvalue weighted by molar-refractivity contribution is 0.615. The van der Waals surface area contributed by atoms with E-state index in [2.05, 4.69) is 121 Å². The van der Waals surface area contributed by atoms with Crippen LogP contribution < -0.4 is 0 Å². The van der Waals surface area contributed by atoms with Gasteiger partial charge in [0.2, 0.25) is 0 Å². The zero-order valence-corrected chi connectivity index (χ0v) is 23.7. The van der Waals surface area contributed by atoms with E-state index in [4.69, 9.17) is 8.83 Å². The quantitative estimate of drug-likeness (QED) is 0.155. The van der Waals surface area contributed by atoms with Gasteiger partial charge in [0.1, 0.15) is 16.7 Å². The molecule has 0 aliphatic rings. The van der Waals surface area contributed by atoms with E-state index in [1.165, 1.54) is 65.3 Å².